The third kappa shape index (κ3) is 2.87. The minimum atomic E-state index is -0.919. The first-order chi connectivity index (χ1) is 8.56. The van der Waals surface area contributed by atoms with Gasteiger partial charge in [0.05, 0.1) is 17.1 Å². The molecule has 0 unspecified atom stereocenters. The highest BCUT2D eigenvalue weighted by atomic mass is 32.1. The second-order valence-corrected chi connectivity index (χ2v) is 5.37. The monoisotopic (exact) mass is 262 g/mol. The third-order valence-electron chi connectivity index (χ3n) is 2.53. The molecule has 0 radical (unpaired) electrons. The number of carbonyl (C=O) groups is 1. The van der Waals surface area contributed by atoms with Gasteiger partial charge in [0.2, 0.25) is 0 Å². The van der Waals surface area contributed by atoms with Crippen LogP contribution in [0.5, 0.6) is 0 Å². The lowest BCUT2D eigenvalue weighted by Crippen LogP contribution is -2.06. The Morgan fingerprint density at radius 2 is 2.22 bits per heavy atom. The molecular weight excluding hydrogens is 248 g/mol. The Morgan fingerprint density at radius 1 is 1.44 bits per heavy atom. The number of anilines is 1. The zero-order chi connectivity index (χ0) is 13.1. The highest BCUT2D eigenvalue weighted by molar-refractivity contribution is 7.11. The van der Waals surface area contributed by atoms with E-state index in [4.69, 9.17) is 5.11 Å². The number of hydrogen-bond acceptors (Lipinski definition) is 4. The minimum Gasteiger partial charge on any atom is -0.478 e. The number of aryl methyl sites for hydroxylation is 2. The zero-order valence-electron chi connectivity index (χ0n) is 10.2. The number of rotatable bonds is 4. The first-order valence-electron chi connectivity index (χ1n) is 5.55. The van der Waals surface area contributed by atoms with Gasteiger partial charge in [-0.15, -0.1) is 11.3 Å². The Kier molecular flexibility index (Phi) is 3.62. The highest BCUT2D eigenvalue weighted by Crippen LogP contribution is 2.20. The number of benzene rings is 1. The molecule has 0 aliphatic carbocycles. The number of nitrogens with zero attached hydrogens (tertiary/aromatic N) is 1. The summed E-state index contributed by atoms with van der Waals surface area (Å²) >= 11 is 1.60. The predicted octanol–water partition coefficient (Wildman–Crippen LogP) is 3.07. The van der Waals surface area contributed by atoms with Crippen molar-refractivity contribution in [1.29, 1.82) is 0 Å². The van der Waals surface area contributed by atoms with Crippen LogP contribution >= 0.6 is 11.3 Å². The van der Waals surface area contributed by atoms with Crippen molar-refractivity contribution >= 4 is 23.0 Å². The van der Waals surface area contributed by atoms with E-state index >= 15 is 0 Å². The van der Waals surface area contributed by atoms with Crippen molar-refractivity contribution in [2.24, 2.45) is 0 Å². The van der Waals surface area contributed by atoms with Crippen LogP contribution in [0.3, 0.4) is 0 Å². The van der Waals surface area contributed by atoms with E-state index < -0.39 is 5.97 Å². The minimum absolute atomic E-state index is 0.293. The Hall–Kier alpha value is -1.88. The van der Waals surface area contributed by atoms with Crippen molar-refractivity contribution in [1.82, 2.24) is 4.98 Å². The molecule has 0 fully saturated rings. The van der Waals surface area contributed by atoms with E-state index in [9.17, 15) is 4.79 Å². The van der Waals surface area contributed by atoms with Crippen LogP contribution in [-0.4, -0.2) is 16.1 Å². The summed E-state index contributed by atoms with van der Waals surface area (Å²) in [6, 6.07) is 5.26. The van der Waals surface area contributed by atoms with Gasteiger partial charge < -0.3 is 10.4 Å². The quantitative estimate of drug-likeness (QED) is 0.889. The fourth-order valence-corrected chi connectivity index (χ4v) is 2.39. The van der Waals surface area contributed by atoms with E-state index in [-0.39, 0.29) is 0 Å². The summed E-state index contributed by atoms with van der Waals surface area (Å²) in [5.74, 6) is -0.919. The van der Waals surface area contributed by atoms with E-state index in [0.717, 1.165) is 15.4 Å². The molecule has 1 aromatic heterocycles. The second-order valence-electron chi connectivity index (χ2n) is 4.05. The van der Waals surface area contributed by atoms with E-state index in [1.807, 2.05) is 26.1 Å². The molecule has 4 nitrogen and oxygen atoms in total. The Bertz CT molecular complexity index is 578. The summed E-state index contributed by atoms with van der Waals surface area (Å²) in [5, 5.41) is 13.3. The summed E-state index contributed by atoms with van der Waals surface area (Å²) in [6.07, 6.45) is 1.81. The molecule has 2 rings (SSSR count). The van der Waals surface area contributed by atoms with E-state index in [1.165, 1.54) is 0 Å². The lowest BCUT2D eigenvalue weighted by atomic mass is 10.1. The van der Waals surface area contributed by atoms with Gasteiger partial charge in [-0.1, -0.05) is 6.07 Å². The van der Waals surface area contributed by atoms with Crippen molar-refractivity contribution < 1.29 is 9.90 Å². The number of carboxylic acids is 1. The maximum atomic E-state index is 11.1. The molecule has 0 atom stereocenters. The third-order valence-corrected chi connectivity index (χ3v) is 3.44. The molecule has 1 aromatic carbocycles. The average Bonchev–Trinajstić information content (AvgIpc) is 2.72. The topological polar surface area (TPSA) is 62.2 Å². The molecule has 0 aliphatic heterocycles. The van der Waals surface area contributed by atoms with Gasteiger partial charge in [-0.2, -0.15) is 0 Å². The molecular formula is C13H14N2O2S. The van der Waals surface area contributed by atoms with Crippen molar-refractivity contribution in [2.45, 2.75) is 20.4 Å². The van der Waals surface area contributed by atoms with Crippen LogP contribution in [-0.2, 0) is 6.54 Å². The molecule has 2 N–H and O–H groups in total. The molecule has 94 valence electrons. The number of nitrogens with one attached hydrogen (secondary N) is 1. The molecule has 0 aliphatic rings. The molecule has 0 amide bonds. The molecule has 0 spiro atoms. The Morgan fingerprint density at radius 3 is 2.83 bits per heavy atom. The molecule has 5 heteroatoms. The van der Waals surface area contributed by atoms with Crippen molar-refractivity contribution in [2.75, 3.05) is 5.32 Å². The lowest BCUT2D eigenvalue weighted by molar-refractivity contribution is 0.0698. The maximum absolute atomic E-state index is 11.1. The standard InChI is InChI=1S/C13H14N2O2S/c1-8-3-4-11(13(16)17)12(5-8)15-7-10-6-14-9(2)18-10/h3-6,15H,7H2,1-2H3,(H,16,17). The van der Waals surface area contributed by atoms with E-state index in [0.29, 0.717) is 17.8 Å². The van der Waals surface area contributed by atoms with Crippen LogP contribution in [0.15, 0.2) is 24.4 Å². The first kappa shape index (κ1) is 12.6. The lowest BCUT2D eigenvalue weighted by Gasteiger charge is -2.09. The molecule has 2 aromatic rings. The number of carboxylic acid groups (broad SMARTS) is 1. The van der Waals surface area contributed by atoms with Gasteiger partial charge in [-0.05, 0) is 31.5 Å². The average molecular weight is 262 g/mol. The number of thiazole rings is 1. The maximum Gasteiger partial charge on any atom is 0.337 e. The van der Waals surface area contributed by atoms with Crippen LogP contribution in [0, 0.1) is 13.8 Å². The van der Waals surface area contributed by atoms with Crippen LogP contribution in [0.4, 0.5) is 5.69 Å². The summed E-state index contributed by atoms with van der Waals surface area (Å²) in [7, 11) is 0. The van der Waals surface area contributed by atoms with Gasteiger partial charge in [-0.25, -0.2) is 9.78 Å². The predicted molar refractivity (Wildman–Crippen MR) is 72.3 cm³/mol. The van der Waals surface area contributed by atoms with Gasteiger partial charge in [0, 0.05) is 16.8 Å². The SMILES string of the molecule is Cc1ccc(C(=O)O)c(NCc2cnc(C)s2)c1. The summed E-state index contributed by atoms with van der Waals surface area (Å²) in [6.45, 7) is 4.48. The van der Waals surface area contributed by atoms with Crippen LogP contribution in [0.25, 0.3) is 0 Å². The first-order valence-corrected chi connectivity index (χ1v) is 6.37. The summed E-state index contributed by atoms with van der Waals surface area (Å²) in [4.78, 5) is 16.4. The second kappa shape index (κ2) is 5.18. The van der Waals surface area contributed by atoms with E-state index in [1.54, 1.807) is 23.5 Å². The van der Waals surface area contributed by atoms with Crippen LogP contribution in [0.1, 0.15) is 25.8 Å². The molecule has 0 bridgehead atoms. The normalized spacial score (nSPS) is 10.3. The molecule has 18 heavy (non-hydrogen) atoms. The Labute approximate surface area is 109 Å². The van der Waals surface area contributed by atoms with Crippen LogP contribution in [0.2, 0.25) is 0 Å². The van der Waals surface area contributed by atoms with Crippen molar-refractivity contribution in [3.63, 3.8) is 0 Å². The molecule has 1 heterocycles. The summed E-state index contributed by atoms with van der Waals surface area (Å²) < 4.78 is 0. The number of aromatic nitrogens is 1. The van der Waals surface area contributed by atoms with Crippen molar-refractivity contribution in [3.05, 3.63) is 45.4 Å². The molecule has 0 saturated carbocycles. The Balaban J connectivity index is 2.17. The zero-order valence-corrected chi connectivity index (χ0v) is 11.0. The summed E-state index contributed by atoms with van der Waals surface area (Å²) in [5.41, 5.74) is 1.97. The fourth-order valence-electron chi connectivity index (χ4n) is 1.66. The van der Waals surface area contributed by atoms with Crippen LogP contribution < -0.4 is 5.32 Å². The highest BCUT2D eigenvalue weighted by Gasteiger charge is 2.10. The number of hydrogen-bond donors (Lipinski definition) is 2. The fraction of sp³-hybridized carbons (Fsp3) is 0.231. The van der Waals surface area contributed by atoms with Gasteiger partial charge in [0.1, 0.15) is 0 Å². The van der Waals surface area contributed by atoms with E-state index in [2.05, 4.69) is 10.3 Å². The molecule has 0 saturated heterocycles. The van der Waals surface area contributed by atoms with Gasteiger partial charge in [0.25, 0.3) is 0 Å². The largest absolute Gasteiger partial charge is 0.478 e. The number of aromatic carboxylic acids is 1. The van der Waals surface area contributed by atoms with Gasteiger partial charge >= 0.3 is 5.97 Å². The van der Waals surface area contributed by atoms with Gasteiger partial charge in [0.15, 0.2) is 0 Å². The van der Waals surface area contributed by atoms with Crippen molar-refractivity contribution in [3.8, 4) is 0 Å². The smallest absolute Gasteiger partial charge is 0.337 e. The van der Waals surface area contributed by atoms with Gasteiger partial charge in [-0.3, -0.25) is 0 Å².